The molecule has 0 aromatic heterocycles. The molecule has 0 saturated carbocycles. The molecule has 0 N–H and O–H groups in total. The molecule has 0 fully saturated rings. The van der Waals surface area contributed by atoms with E-state index < -0.39 is 12.1 Å². The lowest BCUT2D eigenvalue weighted by Crippen LogP contribution is -2.30. The predicted octanol–water partition coefficient (Wildman–Crippen LogP) is 20.5. The van der Waals surface area contributed by atoms with Crippen molar-refractivity contribution in [3.05, 3.63) is 72.9 Å². The van der Waals surface area contributed by atoms with Gasteiger partial charge in [-0.1, -0.05) is 286 Å². The zero-order valence-electron chi connectivity index (χ0n) is 47.0. The number of unbranched alkanes of at least 4 members (excludes halogenated alkanes) is 33. The Bertz CT molecular complexity index is 1320. The van der Waals surface area contributed by atoms with Crippen LogP contribution in [-0.4, -0.2) is 37.2 Å². The molecule has 0 radical (unpaired) electrons. The van der Waals surface area contributed by atoms with E-state index in [2.05, 4.69) is 81.5 Å². The smallest absolute Gasteiger partial charge is 0.309 e. The molecule has 0 rings (SSSR count). The van der Waals surface area contributed by atoms with Crippen molar-refractivity contribution in [2.75, 3.05) is 13.2 Å². The topological polar surface area (TPSA) is 78.9 Å². The molecule has 0 aromatic rings. The van der Waals surface area contributed by atoms with Gasteiger partial charge in [0.25, 0.3) is 0 Å². The SMILES string of the molecule is CC/C=C\C/C=C\C/C=C\C/C=C\C/C=C\CC(=O)OCC(COC(=O)CCCCCCCCCCCCCCCCCCCCCCCC)OC(=O)CCCCCCC/C=C\CCCCCCCCC. The zero-order chi connectivity index (χ0) is 51.4. The molecule has 6 heteroatoms. The van der Waals surface area contributed by atoms with E-state index in [4.69, 9.17) is 14.2 Å². The van der Waals surface area contributed by atoms with Crippen LogP contribution in [-0.2, 0) is 28.6 Å². The number of carbonyl (C=O) groups excluding carboxylic acids is 3. The summed E-state index contributed by atoms with van der Waals surface area (Å²) in [5.41, 5.74) is 0. The van der Waals surface area contributed by atoms with Gasteiger partial charge in [-0.25, -0.2) is 0 Å². The molecule has 0 aliphatic heterocycles. The molecule has 0 spiro atoms. The average Bonchev–Trinajstić information content (AvgIpc) is 3.37. The maximum atomic E-state index is 12.9. The van der Waals surface area contributed by atoms with Crippen LogP contribution in [0.25, 0.3) is 0 Å². The quantitative estimate of drug-likeness (QED) is 0.0261. The van der Waals surface area contributed by atoms with E-state index in [1.807, 2.05) is 6.08 Å². The van der Waals surface area contributed by atoms with Gasteiger partial charge in [0, 0.05) is 12.8 Å². The van der Waals surface area contributed by atoms with Crippen molar-refractivity contribution < 1.29 is 28.6 Å². The van der Waals surface area contributed by atoms with Gasteiger partial charge in [-0.15, -0.1) is 0 Å². The third-order valence-electron chi connectivity index (χ3n) is 13.2. The van der Waals surface area contributed by atoms with Crippen molar-refractivity contribution in [2.24, 2.45) is 0 Å². The Morgan fingerprint density at radius 3 is 0.972 bits per heavy atom. The van der Waals surface area contributed by atoms with E-state index in [-0.39, 0.29) is 31.6 Å². The van der Waals surface area contributed by atoms with E-state index in [0.29, 0.717) is 12.8 Å². The highest BCUT2D eigenvalue weighted by Gasteiger charge is 2.19. The standard InChI is InChI=1S/C65H114O6/c1-4-7-10-13-16-19-22-25-28-30-31-32-33-34-35-38-40-43-46-49-52-55-58-64(67)70-61-62(60-69-63(66)57-54-51-48-45-42-39-36-27-24-21-18-15-12-9-6-3)71-65(68)59-56-53-50-47-44-41-37-29-26-23-20-17-14-11-8-5-2/h9,12,18,21,27,29,36-37,42,45,51,54,62H,4-8,10-11,13-17,19-20,22-26,28,30-35,38-41,43-44,46-50,52-53,55-61H2,1-3H3/b12-9-,21-18-,36-27-,37-29-,45-42-,54-51-. The van der Waals surface area contributed by atoms with Crippen LogP contribution in [0.2, 0.25) is 0 Å². The molecule has 0 saturated heterocycles. The van der Waals surface area contributed by atoms with Crippen molar-refractivity contribution in [3.8, 4) is 0 Å². The van der Waals surface area contributed by atoms with Crippen LogP contribution in [0.1, 0.15) is 303 Å². The van der Waals surface area contributed by atoms with E-state index in [9.17, 15) is 14.4 Å². The van der Waals surface area contributed by atoms with E-state index >= 15 is 0 Å². The van der Waals surface area contributed by atoms with Crippen molar-refractivity contribution in [3.63, 3.8) is 0 Å². The summed E-state index contributed by atoms with van der Waals surface area (Å²) in [5, 5.41) is 0. The Balaban J connectivity index is 4.39. The Hall–Kier alpha value is -3.15. The first kappa shape index (κ1) is 67.8. The predicted molar refractivity (Wildman–Crippen MR) is 307 cm³/mol. The largest absolute Gasteiger partial charge is 0.462 e. The van der Waals surface area contributed by atoms with Crippen molar-refractivity contribution in [1.29, 1.82) is 0 Å². The molecule has 0 aromatic carbocycles. The Morgan fingerprint density at radius 1 is 0.310 bits per heavy atom. The molecule has 410 valence electrons. The minimum Gasteiger partial charge on any atom is -0.462 e. The highest BCUT2D eigenvalue weighted by molar-refractivity contribution is 5.72. The third kappa shape index (κ3) is 57.6. The summed E-state index contributed by atoms with van der Waals surface area (Å²) in [4.78, 5) is 38.1. The van der Waals surface area contributed by atoms with Gasteiger partial charge in [-0.2, -0.15) is 0 Å². The van der Waals surface area contributed by atoms with Gasteiger partial charge in [0.2, 0.25) is 0 Å². The summed E-state index contributed by atoms with van der Waals surface area (Å²) in [6.45, 7) is 6.46. The molecule has 71 heavy (non-hydrogen) atoms. The highest BCUT2D eigenvalue weighted by atomic mass is 16.6. The number of rotatable bonds is 55. The normalized spacial score (nSPS) is 12.5. The number of ether oxygens (including phenoxy) is 3. The van der Waals surface area contributed by atoms with Crippen LogP contribution in [0.5, 0.6) is 0 Å². The van der Waals surface area contributed by atoms with Crippen LogP contribution < -0.4 is 0 Å². The first-order valence-electron chi connectivity index (χ1n) is 30.4. The maximum Gasteiger partial charge on any atom is 0.309 e. The Kier molecular flexibility index (Phi) is 56.8. The van der Waals surface area contributed by atoms with Crippen LogP contribution in [0, 0.1) is 0 Å². The lowest BCUT2D eigenvalue weighted by molar-refractivity contribution is -0.166. The molecule has 6 nitrogen and oxygen atoms in total. The maximum absolute atomic E-state index is 12.9. The van der Waals surface area contributed by atoms with E-state index in [0.717, 1.165) is 83.5 Å². The first-order valence-corrected chi connectivity index (χ1v) is 30.4. The molecule has 0 aliphatic carbocycles. The molecule has 0 aliphatic rings. The fraction of sp³-hybridized carbons (Fsp3) is 0.769. The van der Waals surface area contributed by atoms with Crippen LogP contribution >= 0.6 is 0 Å². The molecular formula is C65H114O6. The van der Waals surface area contributed by atoms with E-state index in [1.54, 1.807) is 6.08 Å². The van der Waals surface area contributed by atoms with Gasteiger partial charge in [-0.3, -0.25) is 14.4 Å². The van der Waals surface area contributed by atoms with Crippen molar-refractivity contribution in [2.45, 2.75) is 309 Å². The average molecular weight is 992 g/mol. The molecule has 0 amide bonds. The van der Waals surface area contributed by atoms with Gasteiger partial charge in [-0.05, 0) is 70.6 Å². The monoisotopic (exact) mass is 991 g/mol. The Morgan fingerprint density at radius 2 is 0.606 bits per heavy atom. The van der Waals surface area contributed by atoms with Gasteiger partial charge < -0.3 is 14.2 Å². The Labute approximate surface area is 440 Å². The minimum atomic E-state index is -0.818. The summed E-state index contributed by atoms with van der Waals surface area (Å²) in [7, 11) is 0. The fourth-order valence-electron chi connectivity index (χ4n) is 8.69. The van der Waals surface area contributed by atoms with Gasteiger partial charge in [0.15, 0.2) is 6.10 Å². The lowest BCUT2D eigenvalue weighted by Gasteiger charge is -2.18. The van der Waals surface area contributed by atoms with Crippen molar-refractivity contribution in [1.82, 2.24) is 0 Å². The molecular weight excluding hydrogens is 877 g/mol. The minimum absolute atomic E-state index is 0.106. The van der Waals surface area contributed by atoms with Crippen LogP contribution in [0.4, 0.5) is 0 Å². The van der Waals surface area contributed by atoms with Crippen molar-refractivity contribution >= 4 is 17.9 Å². The number of carbonyl (C=O) groups is 3. The van der Waals surface area contributed by atoms with Gasteiger partial charge in [0.1, 0.15) is 13.2 Å². The number of allylic oxidation sites excluding steroid dienone is 11. The summed E-state index contributed by atoms with van der Waals surface area (Å²) >= 11 is 0. The second-order valence-corrected chi connectivity index (χ2v) is 20.3. The third-order valence-corrected chi connectivity index (χ3v) is 13.2. The summed E-state index contributed by atoms with van der Waals surface area (Å²) in [6, 6.07) is 0. The number of hydrogen-bond acceptors (Lipinski definition) is 6. The second kappa shape index (κ2) is 59.4. The van der Waals surface area contributed by atoms with Gasteiger partial charge in [0.05, 0.1) is 6.42 Å². The summed E-state index contributed by atoms with van der Waals surface area (Å²) in [5.74, 6) is -1.04. The van der Waals surface area contributed by atoms with Crippen LogP contribution in [0.15, 0.2) is 72.9 Å². The van der Waals surface area contributed by atoms with Crippen LogP contribution in [0.3, 0.4) is 0 Å². The fourth-order valence-corrected chi connectivity index (χ4v) is 8.69. The molecule has 1 unspecified atom stereocenters. The second-order valence-electron chi connectivity index (χ2n) is 20.3. The highest BCUT2D eigenvalue weighted by Crippen LogP contribution is 2.17. The van der Waals surface area contributed by atoms with E-state index in [1.165, 1.54) is 180 Å². The zero-order valence-corrected chi connectivity index (χ0v) is 47.0. The molecule has 0 bridgehead atoms. The first-order chi connectivity index (χ1) is 35.0. The molecule has 0 heterocycles. The van der Waals surface area contributed by atoms with Gasteiger partial charge >= 0.3 is 17.9 Å². The molecule has 1 atom stereocenters. The summed E-state index contributed by atoms with van der Waals surface area (Å²) in [6.07, 6.45) is 76.5. The number of esters is 3. The lowest BCUT2D eigenvalue weighted by atomic mass is 10.0. The summed E-state index contributed by atoms with van der Waals surface area (Å²) < 4.78 is 16.8. The number of hydrogen-bond donors (Lipinski definition) is 0.